The van der Waals surface area contributed by atoms with E-state index in [4.69, 9.17) is 28.9 Å². The van der Waals surface area contributed by atoms with Gasteiger partial charge < -0.3 is 11.1 Å². The molecule has 0 spiro atoms. The number of nitrogens with one attached hydrogen (secondary N) is 1. The average Bonchev–Trinajstić information content (AvgIpc) is 2.37. The second kappa shape index (κ2) is 5.63. The Morgan fingerprint density at radius 3 is 2.63 bits per heavy atom. The first-order valence-electron chi connectivity index (χ1n) is 5.86. The molecule has 0 saturated carbocycles. The van der Waals surface area contributed by atoms with Crippen LogP contribution in [0.2, 0.25) is 10.0 Å². The predicted molar refractivity (Wildman–Crippen MR) is 80.3 cm³/mol. The molecular weight excluding hydrogens is 283 g/mol. The molecule has 2 aromatic rings. The van der Waals surface area contributed by atoms with Crippen LogP contribution in [0.3, 0.4) is 0 Å². The number of rotatable bonds is 3. The van der Waals surface area contributed by atoms with E-state index in [2.05, 4.69) is 15.3 Å². The summed E-state index contributed by atoms with van der Waals surface area (Å²) in [7, 11) is 0. The molecule has 0 amide bonds. The fourth-order valence-corrected chi connectivity index (χ4v) is 2.04. The third-order valence-electron chi connectivity index (χ3n) is 2.73. The maximum absolute atomic E-state index is 6.12. The second-order valence-corrected chi connectivity index (χ2v) is 4.95. The molecule has 0 fully saturated rings. The van der Waals surface area contributed by atoms with Crippen molar-refractivity contribution < 1.29 is 0 Å². The van der Waals surface area contributed by atoms with Gasteiger partial charge in [-0.2, -0.15) is 0 Å². The minimum absolute atomic E-state index is 0.472. The summed E-state index contributed by atoms with van der Waals surface area (Å²) in [6, 6.07) is 5.23. The molecule has 0 aliphatic heterocycles. The largest absolute Gasteiger partial charge is 0.383 e. The van der Waals surface area contributed by atoms with Crippen LogP contribution in [0.15, 0.2) is 18.2 Å². The Hall–Kier alpha value is -1.52. The van der Waals surface area contributed by atoms with Crippen molar-refractivity contribution in [3.05, 3.63) is 39.6 Å². The predicted octanol–water partition coefficient (Wildman–Crippen LogP) is 3.98. The summed E-state index contributed by atoms with van der Waals surface area (Å²) >= 11 is 12.0. The molecule has 19 heavy (non-hydrogen) atoms. The van der Waals surface area contributed by atoms with E-state index in [-0.39, 0.29) is 0 Å². The van der Waals surface area contributed by atoms with E-state index in [1.54, 1.807) is 18.2 Å². The highest BCUT2D eigenvalue weighted by molar-refractivity contribution is 6.36. The minimum Gasteiger partial charge on any atom is -0.383 e. The molecule has 1 heterocycles. The van der Waals surface area contributed by atoms with Crippen molar-refractivity contribution in [2.24, 2.45) is 0 Å². The zero-order chi connectivity index (χ0) is 14.0. The van der Waals surface area contributed by atoms with Crippen LogP contribution in [0.25, 0.3) is 0 Å². The second-order valence-electron chi connectivity index (χ2n) is 4.10. The Balaban J connectivity index is 2.40. The highest BCUT2D eigenvalue weighted by Gasteiger charge is 2.10. The first-order valence-corrected chi connectivity index (χ1v) is 6.62. The Kier molecular flexibility index (Phi) is 4.12. The number of anilines is 3. The zero-order valence-corrected chi connectivity index (χ0v) is 12.2. The van der Waals surface area contributed by atoms with Gasteiger partial charge in [0, 0.05) is 17.0 Å². The SMILES string of the molecule is CCc1nc(N)c(C)c(Nc2ccc(Cl)cc2Cl)n1. The molecule has 3 N–H and O–H groups in total. The van der Waals surface area contributed by atoms with E-state index in [0.717, 1.165) is 11.3 Å². The van der Waals surface area contributed by atoms with Crippen molar-refractivity contribution in [3.8, 4) is 0 Å². The molecule has 1 aromatic heterocycles. The Bertz CT molecular complexity index is 614. The maximum atomic E-state index is 6.12. The van der Waals surface area contributed by atoms with E-state index in [9.17, 15) is 0 Å². The molecule has 1 aromatic carbocycles. The molecule has 100 valence electrons. The van der Waals surface area contributed by atoms with Crippen molar-refractivity contribution in [2.75, 3.05) is 11.1 Å². The van der Waals surface area contributed by atoms with Crippen LogP contribution in [0.4, 0.5) is 17.3 Å². The van der Waals surface area contributed by atoms with E-state index in [1.165, 1.54) is 0 Å². The molecule has 0 saturated heterocycles. The topological polar surface area (TPSA) is 63.8 Å². The number of aromatic nitrogens is 2. The molecule has 0 radical (unpaired) electrons. The summed E-state index contributed by atoms with van der Waals surface area (Å²) in [6.07, 6.45) is 0.716. The molecule has 0 aliphatic carbocycles. The van der Waals surface area contributed by atoms with Crippen LogP contribution in [0, 0.1) is 6.92 Å². The summed E-state index contributed by atoms with van der Waals surface area (Å²) in [4.78, 5) is 8.62. The number of aryl methyl sites for hydroxylation is 1. The van der Waals surface area contributed by atoms with Crippen LogP contribution >= 0.6 is 23.2 Å². The lowest BCUT2D eigenvalue weighted by molar-refractivity contribution is 0.940. The van der Waals surface area contributed by atoms with Crippen molar-refractivity contribution >= 4 is 40.5 Å². The number of nitrogens with two attached hydrogens (primary N) is 1. The molecule has 0 aliphatic rings. The van der Waals surface area contributed by atoms with Gasteiger partial charge in [0.2, 0.25) is 0 Å². The lowest BCUT2D eigenvalue weighted by Crippen LogP contribution is -2.06. The molecule has 0 atom stereocenters. The summed E-state index contributed by atoms with van der Waals surface area (Å²) in [5.41, 5.74) is 7.39. The van der Waals surface area contributed by atoms with Gasteiger partial charge in [-0.15, -0.1) is 0 Å². The van der Waals surface area contributed by atoms with E-state index in [0.29, 0.717) is 33.9 Å². The number of nitrogens with zero attached hydrogens (tertiary/aromatic N) is 2. The molecular formula is C13H14Cl2N4. The normalized spacial score (nSPS) is 10.5. The fourth-order valence-electron chi connectivity index (χ4n) is 1.58. The maximum Gasteiger partial charge on any atom is 0.139 e. The molecule has 4 nitrogen and oxygen atoms in total. The van der Waals surface area contributed by atoms with Gasteiger partial charge in [-0.3, -0.25) is 0 Å². The highest BCUT2D eigenvalue weighted by Crippen LogP contribution is 2.29. The molecule has 6 heteroatoms. The Morgan fingerprint density at radius 1 is 1.26 bits per heavy atom. The smallest absolute Gasteiger partial charge is 0.139 e. The third-order valence-corrected chi connectivity index (χ3v) is 3.28. The number of hydrogen-bond acceptors (Lipinski definition) is 4. The van der Waals surface area contributed by atoms with E-state index in [1.807, 2.05) is 13.8 Å². The van der Waals surface area contributed by atoms with Crippen LogP contribution < -0.4 is 11.1 Å². The lowest BCUT2D eigenvalue weighted by atomic mass is 10.2. The monoisotopic (exact) mass is 296 g/mol. The van der Waals surface area contributed by atoms with Crippen LogP contribution in [-0.2, 0) is 6.42 Å². The number of halogens is 2. The highest BCUT2D eigenvalue weighted by atomic mass is 35.5. The van der Waals surface area contributed by atoms with Crippen LogP contribution in [0.5, 0.6) is 0 Å². The summed E-state index contributed by atoms with van der Waals surface area (Å²) < 4.78 is 0. The quantitative estimate of drug-likeness (QED) is 0.899. The number of nitrogen functional groups attached to an aromatic ring is 1. The van der Waals surface area contributed by atoms with Crippen molar-refractivity contribution in [1.29, 1.82) is 0 Å². The van der Waals surface area contributed by atoms with Gasteiger partial charge >= 0.3 is 0 Å². The Morgan fingerprint density at radius 2 is 2.00 bits per heavy atom. The first kappa shape index (κ1) is 13.9. The summed E-state index contributed by atoms with van der Waals surface area (Å²) in [5, 5.41) is 4.28. The van der Waals surface area contributed by atoms with Gasteiger partial charge in [-0.05, 0) is 25.1 Å². The standard InChI is InChI=1S/C13H14Cl2N4/c1-3-11-18-12(16)7(2)13(19-11)17-10-5-4-8(14)6-9(10)15/h4-6H,3H2,1-2H3,(H3,16,17,18,19). The zero-order valence-electron chi connectivity index (χ0n) is 10.7. The van der Waals surface area contributed by atoms with Crippen LogP contribution in [-0.4, -0.2) is 9.97 Å². The van der Waals surface area contributed by atoms with Gasteiger partial charge in [-0.25, -0.2) is 9.97 Å². The van der Waals surface area contributed by atoms with Gasteiger partial charge in [0.1, 0.15) is 17.5 Å². The van der Waals surface area contributed by atoms with E-state index >= 15 is 0 Å². The first-order chi connectivity index (χ1) is 9.01. The minimum atomic E-state index is 0.472. The van der Waals surface area contributed by atoms with Crippen LogP contribution in [0.1, 0.15) is 18.3 Å². The fraction of sp³-hybridized carbons (Fsp3) is 0.231. The van der Waals surface area contributed by atoms with Crippen molar-refractivity contribution in [3.63, 3.8) is 0 Å². The van der Waals surface area contributed by atoms with Crippen molar-refractivity contribution in [1.82, 2.24) is 9.97 Å². The van der Waals surface area contributed by atoms with Gasteiger partial charge in [0.25, 0.3) is 0 Å². The average molecular weight is 297 g/mol. The van der Waals surface area contributed by atoms with Gasteiger partial charge in [0.05, 0.1) is 10.7 Å². The van der Waals surface area contributed by atoms with E-state index < -0.39 is 0 Å². The lowest BCUT2D eigenvalue weighted by Gasteiger charge is -2.12. The molecule has 2 rings (SSSR count). The van der Waals surface area contributed by atoms with Crippen molar-refractivity contribution in [2.45, 2.75) is 20.3 Å². The number of hydrogen-bond donors (Lipinski definition) is 2. The molecule has 0 unspecified atom stereocenters. The van der Waals surface area contributed by atoms with Gasteiger partial charge in [-0.1, -0.05) is 30.1 Å². The Labute approximate surface area is 122 Å². The van der Waals surface area contributed by atoms with Gasteiger partial charge in [0.15, 0.2) is 0 Å². The summed E-state index contributed by atoms with van der Waals surface area (Å²) in [6.45, 7) is 3.84. The number of benzene rings is 1. The third kappa shape index (κ3) is 3.08. The summed E-state index contributed by atoms with van der Waals surface area (Å²) in [5.74, 6) is 1.82. The molecule has 0 bridgehead atoms.